The number of nitrogens with one attached hydrogen (secondary N) is 2. The lowest BCUT2D eigenvalue weighted by atomic mass is 10.2. The largest absolute Gasteiger partial charge is 0.357 e. The first kappa shape index (κ1) is 20.3. The van der Waals surface area contributed by atoms with Gasteiger partial charge in [-0.15, -0.1) is 34.2 Å². The van der Waals surface area contributed by atoms with E-state index in [2.05, 4.69) is 55.3 Å². The van der Waals surface area contributed by atoms with Crippen molar-refractivity contribution in [3.63, 3.8) is 0 Å². The molecule has 2 rings (SSSR count). The average molecular weight is 443 g/mol. The van der Waals surface area contributed by atoms with Crippen LogP contribution in [0.25, 0.3) is 0 Å². The molecule has 0 aromatic carbocycles. The third kappa shape index (κ3) is 6.81. The van der Waals surface area contributed by atoms with Crippen LogP contribution in [0.1, 0.15) is 25.2 Å². The summed E-state index contributed by atoms with van der Waals surface area (Å²) in [4.78, 5) is 8.72. The van der Waals surface area contributed by atoms with Crippen LogP contribution in [-0.4, -0.2) is 45.3 Å². The van der Waals surface area contributed by atoms with Crippen molar-refractivity contribution in [1.29, 1.82) is 0 Å². The molecule has 132 valence electrons. The van der Waals surface area contributed by atoms with Crippen molar-refractivity contribution in [3.05, 3.63) is 42.2 Å². The van der Waals surface area contributed by atoms with Crippen molar-refractivity contribution < 1.29 is 0 Å². The molecule has 0 aliphatic rings. The Labute approximate surface area is 160 Å². The number of aromatic nitrogens is 4. The predicted molar refractivity (Wildman–Crippen MR) is 107 cm³/mol. The molecule has 0 spiro atoms. The summed E-state index contributed by atoms with van der Waals surface area (Å²) in [6.45, 7) is 7.32. The maximum absolute atomic E-state index is 4.60. The van der Waals surface area contributed by atoms with Crippen LogP contribution in [0.4, 0.5) is 0 Å². The molecule has 0 aliphatic carbocycles. The maximum Gasteiger partial charge on any atom is 0.191 e. The number of aliphatic imine (C=N–C) groups is 1. The summed E-state index contributed by atoms with van der Waals surface area (Å²) in [6.07, 6.45) is 7.21. The van der Waals surface area contributed by atoms with E-state index >= 15 is 0 Å². The summed E-state index contributed by atoms with van der Waals surface area (Å²) in [5.74, 6) is 1.84. The third-order valence-electron chi connectivity index (χ3n) is 3.39. The lowest BCUT2D eigenvalue weighted by molar-refractivity contribution is 0.632. The Kier molecular flexibility index (Phi) is 9.97. The summed E-state index contributed by atoms with van der Waals surface area (Å²) in [5, 5.41) is 14.6. The molecule has 0 saturated heterocycles. The van der Waals surface area contributed by atoms with E-state index < -0.39 is 0 Å². The molecule has 0 fully saturated rings. The number of rotatable bonds is 8. The Morgan fingerprint density at radius 2 is 2.17 bits per heavy atom. The number of hydrogen-bond acceptors (Lipinski definition) is 4. The van der Waals surface area contributed by atoms with E-state index in [4.69, 9.17) is 0 Å². The smallest absolute Gasteiger partial charge is 0.191 e. The first-order valence-electron chi connectivity index (χ1n) is 8.11. The standard InChI is InChI=1S/C16H25N7.HI/c1-3-15-22-21-13-23(15)11-10-20-16(18-4-2)19-9-7-14-6-5-8-17-12-14;/h5-6,8,12-13H,3-4,7,9-11H2,1-2H3,(H2,18,19,20);1H. The lowest BCUT2D eigenvalue weighted by Crippen LogP contribution is -2.39. The summed E-state index contributed by atoms with van der Waals surface area (Å²) in [6, 6.07) is 4.02. The summed E-state index contributed by atoms with van der Waals surface area (Å²) in [7, 11) is 0. The van der Waals surface area contributed by atoms with Crippen LogP contribution in [0.15, 0.2) is 35.8 Å². The predicted octanol–water partition coefficient (Wildman–Crippen LogP) is 1.65. The van der Waals surface area contributed by atoms with Crippen molar-refractivity contribution in [3.8, 4) is 0 Å². The first-order chi connectivity index (χ1) is 11.3. The second-order valence-electron chi connectivity index (χ2n) is 5.09. The minimum atomic E-state index is 0. The van der Waals surface area contributed by atoms with Crippen molar-refractivity contribution in [2.24, 2.45) is 4.99 Å². The van der Waals surface area contributed by atoms with Gasteiger partial charge in [0.2, 0.25) is 0 Å². The number of guanidine groups is 1. The van der Waals surface area contributed by atoms with E-state index in [0.29, 0.717) is 0 Å². The SMILES string of the molecule is CCNC(=NCCc1cccnc1)NCCn1cnnc1CC.I. The molecule has 0 amide bonds. The van der Waals surface area contributed by atoms with Gasteiger partial charge in [-0.1, -0.05) is 13.0 Å². The van der Waals surface area contributed by atoms with Crippen LogP contribution in [0.3, 0.4) is 0 Å². The van der Waals surface area contributed by atoms with Gasteiger partial charge in [0.15, 0.2) is 5.96 Å². The molecule has 0 unspecified atom stereocenters. The Morgan fingerprint density at radius 3 is 2.88 bits per heavy atom. The minimum Gasteiger partial charge on any atom is -0.357 e. The fourth-order valence-electron chi connectivity index (χ4n) is 2.22. The van der Waals surface area contributed by atoms with Gasteiger partial charge in [-0.25, -0.2) is 0 Å². The highest BCUT2D eigenvalue weighted by Crippen LogP contribution is 1.97. The number of hydrogen-bond donors (Lipinski definition) is 2. The number of nitrogens with zero attached hydrogens (tertiary/aromatic N) is 5. The molecule has 7 nitrogen and oxygen atoms in total. The molecule has 0 radical (unpaired) electrons. The maximum atomic E-state index is 4.60. The molecule has 2 aromatic rings. The molecular weight excluding hydrogens is 417 g/mol. The summed E-state index contributed by atoms with van der Waals surface area (Å²) >= 11 is 0. The molecule has 0 aliphatic heterocycles. The zero-order chi connectivity index (χ0) is 16.3. The highest BCUT2D eigenvalue weighted by atomic mass is 127. The molecule has 0 saturated carbocycles. The van der Waals surface area contributed by atoms with E-state index in [-0.39, 0.29) is 24.0 Å². The van der Waals surface area contributed by atoms with Crippen molar-refractivity contribution in [2.75, 3.05) is 19.6 Å². The zero-order valence-electron chi connectivity index (χ0n) is 14.3. The quantitative estimate of drug-likeness (QED) is 0.369. The van der Waals surface area contributed by atoms with Crippen LogP contribution in [0, 0.1) is 0 Å². The van der Waals surface area contributed by atoms with E-state index in [0.717, 1.165) is 50.8 Å². The van der Waals surface area contributed by atoms with E-state index in [1.807, 2.05) is 12.3 Å². The fourth-order valence-corrected chi connectivity index (χ4v) is 2.22. The van der Waals surface area contributed by atoms with Crippen molar-refractivity contribution in [1.82, 2.24) is 30.4 Å². The molecule has 0 bridgehead atoms. The van der Waals surface area contributed by atoms with Crippen molar-refractivity contribution >= 4 is 29.9 Å². The first-order valence-corrected chi connectivity index (χ1v) is 8.11. The van der Waals surface area contributed by atoms with Gasteiger partial charge in [0.05, 0.1) is 0 Å². The van der Waals surface area contributed by atoms with Crippen LogP contribution in [0.5, 0.6) is 0 Å². The zero-order valence-corrected chi connectivity index (χ0v) is 16.6. The van der Waals surface area contributed by atoms with Gasteiger partial charge >= 0.3 is 0 Å². The monoisotopic (exact) mass is 443 g/mol. The van der Waals surface area contributed by atoms with Gasteiger partial charge in [-0.2, -0.15) is 0 Å². The molecule has 0 atom stereocenters. The lowest BCUT2D eigenvalue weighted by Gasteiger charge is -2.12. The van der Waals surface area contributed by atoms with E-state index in [1.165, 1.54) is 5.56 Å². The third-order valence-corrected chi connectivity index (χ3v) is 3.39. The second kappa shape index (κ2) is 11.8. The van der Waals surface area contributed by atoms with Gasteiger partial charge in [-0.3, -0.25) is 9.98 Å². The summed E-state index contributed by atoms with van der Waals surface area (Å²) in [5.41, 5.74) is 1.20. The Balaban J connectivity index is 0.00000288. The van der Waals surface area contributed by atoms with Crippen molar-refractivity contribution in [2.45, 2.75) is 33.2 Å². The van der Waals surface area contributed by atoms with E-state index in [1.54, 1.807) is 12.5 Å². The number of aryl methyl sites for hydroxylation is 1. The van der Waals surface area contributed by atoms with Gasteiger partial charge in [0.1, 0.15) is 12.2 Å². The minimum absolute atomic E-state index is 0. The van der Waals surface area contributed by atoms with Crippen LogP contribution in [-0.2, 0) is 19.4 Å². The molecular formula is C16H26IN7. The molecule has 24 heavy (non-hydrogen) atoms. The number of pyridine rings is 1. The highest BCUT2D eigenvalue weighted by Gasteiger charge is 2.02. The molecule has 2 aromatic heterocycles. The van der Waals surface area contributed by atoms with Gasteiger partial charge in [0, 0.05) is 45.0 Å². The van der Waals surface area contributed by atoms with Crippen LogP contribution >= 0.6 is 24.0 Å². The molecule has 2 heterocycles. The number of halogens is 1. The van der Waals surface area contributed by atoms with Gasteiger partial charge in [-0.05, 0) is 25.0 Å². The van der Waals surface area contributed by atoms with Crippen LogP contribution in [0.2, 0.25) is 0 Å². The Bertz CT molecular complexity index is 597. The Hall–Kier alpha value is -1.71. The normalized spacial score (nSPS) is 11.0. The van der Waals surface area contributed by atoms with Gasteiger partial charge in [0.25, 0.3) is 0 Å². The average Bonchev–Trinajstić information content (AvgIpc) is 3.03. The van der Waals surface area contributed by atoms with Crippen LogP contribution < -0.4 is 10.6 Å². The Morgan fingerprint density at radius 1 is 1.29 bits per heavy atom. The topological polar surface area (TPSA) is 80.0 Å². The summed E-state index contributed by atoms with van der Waals surface area (Å²) < 4.78 is 2.06. The highest BCUT2D eigenvalue weighted by molar-refractivity contribution is 14.0. The van der Waals surface area contributed by atoms with Gasteiger partial charge < -0.3 is 15.2 Å². The second-order valence-corrected chi connectivity index (χ2v) is 5.09. The molecule has 8 heteroatoms. The fraction of sp³-hybridized carbons (Fsp3) is 0.500. The molecule has 2 N–H and O–H groups in total. The van der Waals surface area contributed by atoms with E-state index in [9.17, 15) is 0 Å².